The van der Waals surface area contributed by atoms with Crippen molar-refractivity contribution in [3.63, 3.8) is 0 Å². The van der Waals surface area contributed by atoms with E-state index in [-0.39, 0.29) is 0 Å². The second kappa shape index (κ2) is 7.43. The van der Waals surface area contributed by atoms with Gasteiger partial charge in [0.05, 0.1) is 6.54 Å². The summed E-state index contributed by atoms with van der Waals surface area (Å²) < 4.78 is 1.98. The number of benzene rings is 1. The fraction of sp³-hybridized carbons (Fsp3) is 0.316. The van der Waals surface area contributed by atoms with Gasteiger partial charge in [0.1, 0.15) is 0 Å². The predicted octanol–water partition coefficient (Wildman–Crippen LogP) is 1.67. The number of rotatable bonds is 4. The SMILES string of the molecule is CN=C(NCc1nnc2ccccn12)NC1CCN(c2ccccc2)C1. The van der Waals surface area contributed by atoms with Gasteiger partial charge in [0.15, 0.2) is 17.4 Å². The van der Waals surface area contributed by atoms with Crippen LogP contribution in [-0.2, 0) is 6.54 Å². The molecule has 0 amide bonds. The van der Waals surface area contributed by atoms with E-state index >= 15 is 0 Å². The summed E-state index contributed by atoms with van der Waals surface area (Å²) >= 11 is 0. The Morgan fingerprint density at radius 2 is 2.00 bits per heavy atom. The number of fused-ring (bicyclic) bond motifs is 1. The number of aromatic nitrogens is 3. The molecule has 7 nitrogen and oxygen atoms in total. The number of aliphatic imine (C=N–C) groups is 1. The molecule has 0 bridgehead atoms. The van der Waals surface area contributed by atoms with Crippen LogP contribution in [-0.4, -0.2) is 46.7 Å². The summed E-state index contributed by atoms with van der Waals surface area (Å²) in [5, 5.41) is 15.3. The van der Waals surface area contributed by atoms with Crippen LogP contribution in [0.2, 0.25) is 0 Å². The van der Waals surface area contributed by atoms with Crippen LogP contribution in [0.4, 0.5) is 5.69 Å². The molecule has 1 unspecified atom stereocenters. The number of hydrogen-bond acceptors (Lipinski definition) is 4. The summed E-state index contributed by atoms with van der Waals surface area (Å²) in [7, 11) is 1.79. The Balaban J connectivity index is 1.34. The lowest BCUT2D eigenvalue weighted by Gasteiger charge is -2.20. The van der Waals surface area contributed by atoms with E-state index < -0.39 is 0 Å². The first-order chi connectivity index (χ1) is 12.8. The Morgan fingerprint density at radius 3 is 2.85 bits per heavy atom. The zero-order chi connectivity index (χ0) is 17.8. The van der Waals surface area contributed by atoms with Gasteiger partial charge < -0.3 is 15.5 Å². The maximum atomic E-state index is 4.35. The van der Waals surface area contributed by atoms with E-state index in [9.17, 15) is 0 Å². The number of pyridine rings is 1. The molecule has 0 saturated carbocycles. The van der Waals surface area contributed by atoms with Crippen molar-refractivity contribution in [2.24, 2.45) is 4.99 Å². The Hall–Kier alpha value is -3.09. The van der Waals surface area contributed by atoms with Crippen LogP contribution < -0.4 is 15.5 Å². The number of guanidine groups is 1. The smallest absolute Gasteiger partial charge is 0.191 e. The first-order valence-corrected chi connectivity index (χ1v) is 8.89. The first kappa shape index (κ1) is 16.4. The van der Waals surface area contributed by atoms with Crippen molar-refractivity contribution in [3.05, 3.63) is 60.6 Å². The Kier molecular flexibility index (Phi) is 4.68. The summed E-state index contributed by atoms with van der Waals surface area (Å²) in [4.78, 5) is 6.75. The lowest BCUT2D eigenvalue weighted by Crippen LogP contribution is -2.44. The minimum atomic E-state index is 0.372. The van der Waals surface area contributed by atoms with Crippen LogP contribution in [0.15, 0.2) is 59.7 Å². The van der Waals surface area contributed by atoms with Gasteiger partial charge in [-0.2, -0.15) is 0 Å². The molecule has 0 spiro atoms. The highest BCUT2D eigenvalue weighted by molar-refractivity contribution is 5.80. The standard InChI is InChI=1S/C19H23N7/c1-20-19(21-13-18-24-23-17-9-5-6-11-26(17)18)22-15-10-12-25(14-15)16-7-3-2-4-8-16/h2-9,11,15H,10,12-14H2,1H3,(H2,20,21,22). The van der Waals surface area contributed by atoms with Gasteiger partial charge in [0.25, 0.3) is 0 Å². The summed E-state index contributed by atoms with van der Waals surface area (Å²) in [5.74, 6) is 1.65. The van der Waals surface area contributed by atoms with Gasteiger partial charge in [-0.05, 0) is 30.7 Å². The van der Waals surface area contributed by atoms with Crippen molar-refractivity contribution >= 4 is 17.3 Å². The summed E-state index contributed by atoms with van der Waals surface area (Å²) in [6.07, 6.45) is 3.06. The van der Waals surface area contributed by atoms with E-state index in [0.29, 0.717) is 12.6 Å². The van der Waals surface area contributed by atoms with Gasteiger partial charge in [-0.3, -0.25) is 9.39 Å². The molecule has 2 N–H and O–H groups in total. The highest BCUT2D eigenvalue weighted by Crippen LogP contribution is 2.19. The van der Waals surface area contributed by atoms with E-state index in [1.807, 2.05) is 28.8 Å². The van der Waals surface area contributed by atoms with E-state index in [0.717, 1.165) is 36.9 Å². The average molecular weight is 349 g/mol. The molecule has 1 aliphatic heterocycles. The molecular formula is C19H23N7. The van der Waals surface area contributed by atoms with Gasteiger partial charge in [0, 0.05) is 38.1 Å². The van der Waals surface area contributed by atoms with E-state index in [4.69, 9.17) is 0 Å². The second-order valence-corrected chi connectivity index (χ2v) is 6.38. The zero-order valence-corrected chi connectivity index (χ0v) is 14.8. The molecule has 1 atom stereocenters. The number of nitrogens with zero attached hydrogens (tertiary/aromatic N) is 5. The third kappa shape index (κ3) is 3.46. The maximum absolute atomic E-state index is 4.35. The summed E-state index contributed by atoms with van der Waals surface area (Å²) in [6, 6.07) is 16.8. The number of para-hydroxylation sites is 1. The monoisotopic (exact) mass is 349 g/mol. The molecule has 1 aliphatic rings. The predicted molar refractivity (Wildman–Crippen MR) is 103 cm³/mol. The Labute approximate surface area is 152 Å². The van der Waals surface area contributed by atoms with Gasteiger partial charge in [0.2, 0.25) is 0 Å². The molecule has 3 aromatic rings. The van der Waals surface area contributed by atoms with Crippen LogP contribution in [0.25, 0.3) is 5.65 Å². The van der Waals surface area contributed by atoms with Crippen LogP contribution >= 0.6 is 0 Å². The van der Waals surface area contributed by atoms with Gasteiger partial charge in [-0.1, -0.05) is 24.3 Å². The number of hydrogen-bond donors (Lipinski definition) is 2. The summed E-state index contributed by atoms with van der Waals surface area (Å²) in [5.41, 5.74) is 2.12. The molecule has 0 radical (unpaired) electrons. The number of anilines is 1. The Morgan fingerprint density at radius 1 is 1.15 bits per heavy atom. The third-order valence-electron chi connectivity index (χ3n) is 4.67. The van der Waals surface area contributed by atoms with Gasteiger partial charge in [-0.25, -0.2) is 0 Å². The largest absolute Gasteiger partial charge is 0.369 e. The van der Waals surface area contributed by atoms with Crippen molar-refractivity contribution in [2.45, 2.75) is 19.0 Å². The normalized spacial score (nSPS) is 17.7. The molecule has 4 rings (SSSR count). The third-order valence-corrected chi connectivity index (χ3v) is 4.67. The molecule has 0 aliphatic carbocycles. The minimum Gasteiger partial charge on any atom is -0.369 e. The average Bonchev–Trinajstić information content (AvgIpc) is 3.33. The van der Waals surface area contributed by atoms with Crippen molar-refractivity contribution in [1.82, 2.24) is 25.2 Å². The number of nitrogens with one attached hydrogen (secondary N) is 2. The minimum absolute atomic E-state index is 0.372. The van der Waals surface area contributed by atoms with Crippen molar-refractivity contribution in [3.8, 4) is 0 Å². The highest BCUT2D eigenvalue weighted by atomic mass is 15.3. The lowest BCUT2D eigenvalue weighted by molar-refractivity contribution is 0.644. The molecule has 7 heteroatoms. The fourth-order valence-corrected chi connectivity index (χ4v) is 3.31. The fourth-order valence-electron chi connectivity index (χ4n) is 3.31. The van der Waals surface area contributed by atoms with Crippen LogP contribution in [0.3, 0.4) is 0 Å². The van der Waals surface area contributed by atoms with Crippen molar-refractivity contribution in [1.29, 1.82) is 0 Å². The molecule has 134 valence electrons. The lowest BCUT2D eigenvalue weighted by atomic mass is 10.3. The van der Waals surface area contributed by atoms with Crippen LogP contribution in [0, 0.1) is 0 Å². The zero-order valence-electron chi connectivity index (χ0n) is 14.8. The molecule has 2 aromatic heterocycles. The van der Waals surface area contributed by atoms with E-state index in [1.54, 1.807) is 7.05 Å². The molecular weight excluding hydrogens is 326 g/mol. The van der Waals surface area contributed by atoms with Gasteiger partial charge >= 0.3 is 0 Å². The molecule has 1 aromatic carbocycles. The quantitative estimate of drug-likeness (QED) is 0.554. The second-order valence-electron chi connectivity index (χ2n) is 6.38. The van der Waals surface area contributed by atoms with Gasteiger partial charge in [-0.15, -0.1) is 10.2 Å². The van der Waals surface area contributed by atoms with Crippen LogP contribution in [0.1, 0.15) is 12.2 Å². The topological polar surface area (TPSA) is 69.8 Å². The first-order valence-electron chi connectivity index (χ1n) is 8.89. The van der Waals surface area contributed by atoms with Crippen LogP contribution in [0.5, 0.6) is 0 Å². The molecule has 1 fully saturated rings. The van der Waals surface area contributed by atoms with E-state index in [2.05, 4.69) is 61.1 Å². The van der Waals surface area contributed by atoms with Crippen molar-refractivity contribution in [2.75, 3.05) is 25.0 Å². The maximum Gasteiger partial charge on any atom is 0.191 e. The highest BCUT2D eigenvalue weighted by Gasteiger charge is 2.23. The molecule has 26 heavy (non-hydrogen) atoms. The van der Waals surface area contributed by atoms with Crippen molar-refractivity contribution < 1.29 is 0 Å². The Bertz CT molecular complexity index is 887. The summed E-state index contributed by atoms with van der Waals surface area (Å²) in [6.45, 7) is 2.59. The molecule has 1 saturated heterocycles. The van der Waals surface area contributed by atoms with E-state index in [1.165, 1.54) is 5.69 Å². The molecule has 3 heterocycles.